The Bertz CT molecular complexity index is 298. The minimum absolute atomic E-state index is 0.249. The molecule has 0 bridgehead atoms. The molecule has 1 aromatic heterocycles. The molecule has 0 aliphatic heterocycles. The van der Waals surface area contributed by atoms with Gasteiger partial charge in [-0.15, -0.1) is 0 Å². The zero-order valence-electron chi connectivity index (χ0n) is 12.7. The molecule has 3 nitrogen and oxygen atoms in total. The number of hydrogen-bond donors (Lipinski definition) is 1. The van der Waals surface area contributed by atoms with Crippen LogP contribution in [0.1, 0.15) is 64.7 Å². The number of nitrogens with one attached hydrogen (secondary N) is 1. The summed E-state index contributed by atoms with van der Waals surface area (Å²) in [7, 11) is 0. The topological polar surface area (TPSA) is 34.4 Å². The molecule has 0 fully saturated rings. The zero-order valence-corrected chi connectivity index (χ0v) is 12.7. The molecule has 0 radical (unpaired) electrons. The minimum atomic E-state index is 0.249. The molecule has 0 saturated heterocycles. The molecule has 0 aliphatic rings. The highest BCUT2D eigenvalue weighted by atomic mass is 16.5. The van der Waals surface area contributed by atoms with Gasteiger partial charge in [-0.05, 0) is 32.4 Å². The van der Waals surface area contributed by atoms with Crippen LogP contribution in [0.15, 0.2) is 22.8 Å². The van der Waals surface area contributed by atoms with Crippen LogP contribution in [0.2, 0.25) is 0 Å². The summed E-state index contributed by atoms with van der Waals surface area (Å²) in [5, 5.41) is 3.40. The van der Waals surface area contributed by atoms with Crippen LogP contribution < -0.4 is 5.32 Å². The Morgan fingerprint density at radius 3 is 2.79 bits per heavy atom. The standard InChI is InChI=1S/C16H29NO2/c1-4-5-6-7-9-14(2)18-13-11-17-15(3)16-10-8-12-19-16/h8,10,12,14-15,17H,4-7,9,11,13H2,1-3H3. The fraction of sp³-hybridized carbons (Fsp3) is 0.750. The summed E-state index contributed by atoms with van der Waals surface area (Å²) < 4.78 is 11.1. The Morgan fingerprint density at radius 1 is 1.26 bits per heavy atom. The second-order valence-corrected chi connectivity index (χ2v) is 5.22. The van der Waals surface area contributed by atoms with Crippen LogP contribution in [0.5, 0.6) is 0 Å². The SMILES string of the molecule is CCCCCCC(C)OCCNC(C)c1ccco1. The lowest BCUT2D eigenvalue weighted by Crippen LogP contribution is -2.24. The number of rotatable bonds is 11. The van der Waals surface area contributed by atoms with E-state index >= 15 is 0 Å². The molecule has 0 aliphatic carbocycles. The van der Waals surface area contributed by atoms with Crippen molar-refractivity contribution in [1.29, 1.82) is 0 Å². The van der Waals surface area contributed by atoms with Gasteiger partial charge in [0, 0.05) is 6.54 Å². The lowest BCUT2D eigenvalue weighted by atomic mass is 10.1. The highest BCUT2D eigenvalue weighted by molar-refractivity contribution is 5.02. The molecule has 1 rings (SSSR count). The van der Waals surface area contributed by atoms with Gasteiger partial charge in [-0.1, -0.05) is 32.6 Å². The average Bonchev–Trinajstić information content (AvgIpc) is 2.93. The van der Waals surface area contributed by atoms with Gasteiger partial charge >= 0.3 is 0 Å². The average molecular weight is 267 g/mol. The first-order valence-electron chi connectivity index (χ1n) is 7.62. The van der Waals surface area contributed by atoms with Crippen LogP contribution in [0.3, 0.4) is 0 Å². The van der Waals surface area contributed by atoms with Gasteiger partial charge in [0.15, 0.2) is 0 Å². The van der Waals surface area contributed by atoms with E-state index in [4.69, 9.17) is 9.15 Å². The summed E-state index contributed by atoms with van der Waals surface area (Å²) in [6.07, 6.45) is 8.51. The summed E-state index contributed by atoms with van der Waals surface area (Å²) in [4.78, 5) is 0. The van der Waals surface area contributed by atoms with E-state index in [0.29, 0.717) is 6.10 Å². The van der Waals surface area contributed by atoms with E-state index in [1.165, 1.54) is 32.1 Å². The monoisotopic (exact) mass is 267 g/mol. The highest BCUT2D eigenvalue weighted by Gasteiger charge is 2.07. The molecule has 1 aromatic rings. The van der Waals surface area contributed by atoms with E-state index in [1.54, 1.807) is 6.26 Å². The van der Waals surface area contributed by atoms with Gasteiger partial charge in [0.05, 0.1) is 25.0 Å². The van der Waals surface area contributed by atoms with E-state index in [1.807, 2.05) is 12.1 Å². The summed E-state index contributed by atoms with van der Waals surface area (Å²) in [6.45, 7) is 8.14. The highest BCUT2D eigenvalue weighted by Crippen LogP contribution is 2.11. The first-order chi connectivity index (χ1) is 9.24. The quantitative estimate of drug-likeness (QED) is 0.607. The smallest absolute Gasteiger partial charge is 0.120 e. The normalized spacial score (nSPS) is 14.5. The van der Waals surface area contributed by atoms with Crippen molar-refractivity contribution in [3.8, 4) is 0 Å². The van der Waals surface area contributed by atoms with Gasteiger partial charge in [0.25, 0.3) is 0 Å². The van der Waals surface area contributed by atoms with Gasteiger partial charge in [-0.3, -0.25) is 0 Å². The Kier molecular flexibility index (Phi) is 8.59. The van der Waals surface area contributed by atoms with Crippen molar-refractivity contribution >= 4 is 0 Å². The fourth-order valence-corrected chi connectivity index (χ4v) is 2.12. The summed E-state index contributed by atoms with van der Waals surface area (Å²) >= 11 is 0. The van der Waals surface area contributed by atoms with Gasteiger partial charge < -0.3 is 14.5 Å². The maximum absolute atomic E-state index is 5.80. The van der Waals surface area contributed by atoms with E-state index < -0.39 is 0 Å². The second kappa shape index (κ2) is 10.0. The van der Waals surface area contributed by atoms with Crippen molar-refractivity contribution < 1.29 is 9.15 Å². The lowest BCUT2D eigenvalue weighted by molar-refractivity contribution is 0.0591. The summed E-state index contributed by atoms with van der Waals surface area (Å²) in [5.74, 6) is 0.979. The molecule has 0 saturated carbocycles. The Hall–Kier alpha value is -0.800. The third kappa shape index (κ3) is 7.38. The molecule has 110 valence electrons. The van der Waals surface area contributed by atoms with Crippen LogP contribution in [0, 0.1) is 0 Å². The van der Waals surface area contributed by atoms with E-state index in [2.05, 4.69) is 26.1 Å². The zero-order chi connectivity index (χ0) is 13.9. The van der Waals surface area contributed by atoms with Crippen molar-refractivity contribution in [2.45, 2.75) is 65.0 Å². The van der Waals surface area contributed by atoms with Crippen LogP contribution in [0.25, 0.3) is 0 Å². The first kappa shape index (κ1) is 16.3. The maximum atomic E-state index is 5.80. The van der Waals surface area contributed by atoms with Crippen molar-refractivity contribution in [2.24, 2.45) is 0 Å². The largest absolute Gasteiger partial charge is 0.468 e. The molecular weight excluding hydrogens is 238 g/mol. The lowest BCUT2D eigenvalue weighted by Gasteiger charge is -2.15. The van der Waals surface area contributed by atoms with Crippen molar-refractivity contribution in [1.82, 2.24) is 5.32 Å². The van der Waals surface area contributed by atoms with Crippen LogP contribution in [-0.2, 0) is 4.74 Å². The van der Waals surface area contributed by atoms with E-state index in [9.17, 15) is 0 Å². The molecule has 2 unspecified atom stereocenters. The summed E-state index contributed by atoms with van der Waals surface area (Å²) in [5.41, 5.74) is 0. The molecule has 0 spiro atoms. The first-order valence-corrected chi connectivity index (χ1v) is 7.62. The number of ether oxygens (including phenoxy) is 1. The molecule has 0 amide bonds. The van der Waals surface area contributed by atoms with Crippen LogP contribution >= 0.6 is 0 Å². The maximum Gasteiger partial charge on any atom is 0.120 e. The van der Waals surface area contributed by atoms with Crippen LogP contribution in [-0.4, -0.2) is 19.3 Å². The molecule has 1 N–H and O–H groups in total. The predicted molar refractivity (Wildman–Crippen MR) is 79.3 cm³/mol. The van der Waals surface area contributed by atoms with Crippen molar-refractivity contribution in [3.05, 3.63) is 24.2 Å². The Morgan fingerprint density at radius 2 is 2.11 bits per heavy atom. The predicted octanol–water partition coefficient (Wildman–Crippen LogP) is 4.31. The Labute approximate surface area is 117 Å². The van der Waals surface area contributed by atoms with Gasteiger partial charge in [0.2, 0.25) is 0 Å². The molecule has 1 heterocycles. The van der Waals surface area contributed by atoms with Gasteiger partial charge in [-0.25, -0.2) is 0 Å². The molecule has 3 heteroatoms. The molecular formula is C16H29NO2. The third-order valence-electron chi connectivity index (χ3n) is 3.39. The molecule has 2 atom stereocenters. The fourth-order valence-electron chi connectivity index (χ4n) is 2.12. The van der Waals surface area contributed by atoms with Gasteiger partial charge in [0.1, 0.15) is 5.76 Å². The second-order valence-electron chi connectivity index (χ2n) is 5.22. The van der Waals surface area contributed by atoms with Crippen molar-refractivity contribution in [3.63, 3.8) is 0 Å². The molecule has 19 heavy (non-hydrogen) atoms. The van der Waals surface area contributed by atoms with E-state index in [0.717, 1.165) is 18.9 Å². The third-order valence-corrected chi connectivity index (χ3v) is 3.39. The van der Waals surface area contributed by atoms with Crippen LogP contribution in [0.4, 0.5) is 0 Å². The summed E-state index contributed by atoms with van der Waals surface area (Å²) in [6, 6.07) is 4.16. The minimum Gasteiger partial charge on any atom is -0.468 e. The van der Waals surface area contributed by atoms with E-state index in [-0.39, 0.29) is 6.04 Å². The number of furan rings is 1. The Balaban J connectivity index is 1.98. The molecule has 0 aromatic carbocycles. The number of hydrogen-bond acceptors (Lipinski definition) is 3. The number of unbranched alkanes of at least 4 members (excludes halogenated alkanes) is 3. The van der Waals surface area contributed by atoms with Gasteiger partial charge in [-0.2, -0.15) is 0 Å². The van der Waals surface area contributed by atoms with Crippen molar-refractivity contribution in [2.75, 3.05) is 13.2 Å².